The SMILES string of the molecule is CCCNC(=O)Nc1nn(CCC)cc1C(=O)O. The standard InChI is InChI=1S/C11H18N4O3/c1-3-5-12-11(18)13-9-8(10(16)17)7-15(14-9)6-4-2/h7H,3-6H2,1-2H3,(H,16,17)(H2,12,13,14,18). The summed E-state index contributed by atoms with van der Waals surface area (Å²) in [7, 11) is 0. The number of rotatable bonds is 6. The predicted molar refractivity (Wildman–Crippen MR) is 66.8 cm³/mol. The van der Waals surface area contributed by atoms with Crippen LogP contribution in [0.5, 0.6) is 0 Å². The minimum Gasteiger partial charge on any atom is -0.477 e. The van der Waals surface area contributed by atoms with Gasteiger partial charge in [-0.3, -0.25) is 10.00 Å². The van der Waals surface area contributed by atoms with E-state index in [1.54, 1.807) is 0 Å². The Morgan fingerprint density at radius 3 is 2.67 bits per heavy atom. The van der Waals surface area contributed by atoms with Gasteiger partial charge in [-0.15, -0.1) is 0 Å². The first kappa shape index (κ1) is 14.0. The van der Waals surface area contributed by atoms with Crippen molar-refractivity contribution in [3.63, 3.8) is 0 Å². The Balaban J connectivity index is 2.79. The van der Waals surface area contributed by atoms with E-state index >= 15 is 0 Å². The molecular weight excluding hydrogens is 236 g/mol. The summed E-state index contributed by atoms with van der Waals surface area (Å²) < 4.78 is 1.51. The first-order chi connectivity index (χ1) is 8.58. The average Bonchev–Trinajstić information content (AvgIpc) is 2.70. The molecule has 2 amide bonds. The van der Waals surface area contributed by atoms with Gasteiger partial charge < -0.3 is 10.4 Å². The van der Waals surface area contributed by atoms with Crippen LogP contribution in [0.4, 0.5) is 10.6 Å². The zero-order chi connectivity index (χ0) is 13.5. The van der Waals surface area contributed by atoms with Crippen LogP contribution in [0.15, 0.2) is 6.20 Å². The first-order valence-electron chi connectivity index (χ1n) is 5.94. The number of nitrogens with one attached hydrogen (secondary N) is 2. The zero-order valence-corrected chi connectivity index (χ0v) is 10.6. The Bertz CT molecular complexity index is 428. The van der Waals surface area contributed by atoms with E-state index in [4.69, 9.17) is 5.11 Å². The molecule has 1 aromatic heterocycles. The lowest BCUT2D eigenvalue weighted by Crippen LogP contribution is -2.30. The second-order valence-corrected chi connectivity index (χ2v) is 3.84. The number of hydrogen-bond acceptors (Lipinski definition) is 3. The van der Waals surface area contributed by atoms with Gasteiger partial charge in [-0.2, -0.15) is 5.10 Å². The van der Waals surface area contributed by atoms with Gasteiger partial charge in [0.1, 0.15) is 5.56 Å². The molecule has 0 aliphatic rings. The molecule has 0 aromatic carbocycles. The summed E-state index contributed by atoms with van der Waals surface area (Å²) in [6.45, 7) is 5.03. The maximum absolute atomic E-state index is 11.4. The number of carbonyl (C=O) groups excluding carboxylic acids is 1. The van der Waals surface area contributed by atoms with Crippen molar-refractivity contribution in [2.45, 2.75) is 33.2 Å². The second-order valence-electron chi connectivity index (χ2n) is 3.84. The number of aromatic nitrogens is 2. The normalized spacial score (nSPS) is 10.1. The van der Waals surface area contributed by atoms with Gasteiger partial charge in [-0.25, -0.2) is 9.59 Å². The van der Waals surface area contributed by atoms with E-state index in [9.17, 15) is 9.59 Å². The molecule has 0 radical (unpaired) electrons. The average molecular weight is 254 g/mol. The van der Waals surface area contributed by atoms with E-state index < -0.39 is 12.0 Å². The van der Waals surface area contributed by atoms with Gasteiger partial charge >= 0.3 is 12.0 Å². The van der Waals surface area contributed by atoms with Crippen LogP contribution in [0.1, 0.15) is 37.0 Å². The topological polar surface area (TPSA) is 96.3 Å². The van der Waals surface area contributed by atoms with Gasteiger partial charge in [0.25, 0.3) is 0 Å². The molecule has 0 atom stereocenters. The van der Waals surface area contributed by atoms with Gasteiger partial charge in [-0.05, 0) is 12.8 Å². The van der Waals surface area contributed by atoms with Crippen LogP contribution in [0.2, 0.25) is 0 Å². The molecule has 1 aromatic rings. The lowest BCUT2D eigenvalue weighted by molar-refractivity contribution is 0.0698. The number of nitrogens with zero attached hydrogens (tertiary/aromatic N) is 2. The third kappa shape index (κ3) is 3.76. The molecule has 7 heteroatoms. The van der Waals surface area contributed by atoms with Crippen LogP contribution in [-0.4, -0.2) is 33.4 Å². The minimum absolute atomic E-state index is 0.00454. The maximum atomic E-state index is 11.4. The number of aryl methyl sites for hydroxylation is 1. The largest absolute Gasteiger partial charge is 0.477 e. The fraction of sp³-hybridized carbons (Fsp3) is 0.545. The molecular formula is C11H18N4O3. The van der Waals surface area contributed by atoms with E-state index in [1.165, 1.54) is 10.9 Å². The predicted octanol–water partition coefficient (Wildman–Crippen LogP) is 1.52. The smallest absolute Gasteiger partial charge is 0.341 e. The highest BCUT2D eigenvalue weighted by molar-refractivity contribution is 5.98. The van der Waals surface area contributed by atoms with Gasteiger partial charge in [0, 0.05) is 19.3 Å². The number of anilines is 1. The van der Waals surface area contributed by atoms with E-state index in [0.29, 0.717) is 13.1 Å². The zero-order valence-electron chi connectivity index (χ0n) is 10.6. The summed E-state index contributed by atoms with van der Waals surface area (Å²) in [6, 6.07) is -0.443. The van der Waals surface area contributed by atoms with Crippen molar-refractivity contribution in [2.75, 3.05) is 11.9 Å². The third-order valence-electron chi connectivity index (χ3n) is 2.21. The molecule has 100 valence electrons. The Hall–Kier alpha value is -2.05. The van der Waals surface area contributed by atoms with Crippen LogP contribution in [0.25, 0.3) is 0 Å². The number of carboxylic acid groups (broad SMARTS) is 1. The molecule has 0 spiro atoms. The van der Waals surface area contributed by atoms with Crippen molar-refractivity contribution in [3.8, 4) is 0 Å². The molecule has 0 saturated carbocycles. The second kappa shape index (κ2) is 6.63. The summed E-state index contributed by atoms with van der Waals surface area (Å²) in [5, 5.41) is 18.1. The lowest BCUT2D eigenvalue weighted by Gasteiger charge is -2.04. The highest BCUT2D eigenvalue weighted by atomic mass is 16.4. The van der Waals surface area contributed by atoms with E-state index in [0.717, 1.165) is 12.8 Å². The van der Waals surface area contributed by atoms with Crippen molar-refractivity contribution in [2.24, 2.45) is 0 Å². The summed E-state index contributed by atoms with van der Waals surface area (Å²) in [5.41, 5.74) is -0.00454. The Labute approximate surface area is 105 Å². The van der Waals surface area contributed by atoms with Crippen LogP contribution in [-0.2, 0) is 6.54 Å². The number of carbonyl (C=O) groups is 2. The maximum Gasteiger partial charge on any atom is 0.341 e. The summed E-state index contributed by atoms with van der Waals surface area (Å²) in [6.07, 6.45) is 3.06. The van der Waals surface area contributed by atoms with Crippen molar-refractivity contribution < 1.29 is 14.7 Å². The molecule has 0 unspecified atom stereocenters. The summed E-state index contributed by atoms with van der Waals surface area (Å²) in [4.78, 5) is 22.5. The van der Waals surface area contributed by atoms with Gasteiger partial charge in [-0.1, -0.05) is 13.8 Å². The van der Waals surface area contributed by atoms with Crippen LogP contribution in [0.3, 0.4) is 0 Å². The van der Waals surface area contributed by atoms with Gasteiger partial charge in [0.2, 0.25) is 0 Å². The molecule has 0 fully saturated rings. The molecule has 0 saturated heterocycles. The summed E-state index contributed by atoms with van der Waals surface area (Å²) >= 11 is 0. The highest BCUT2D eigenvalue weighted by Crippen LogP contribution is 2.13. The Morgan fingerprint density at radius 2 is 2.11 bits per heavy atom. The molecule has 7 nitrogen and oxygen atoms in total. The highest BCUT2D eigenvalue weighted by Gasteiger charge is 2.17. The summed E-state index contributed by atoms with van der Waals surface area (Å²) in [5.74, 6) is -1.03. The molecule has 3 N–H and O–H groups in total. The molecule has 1 rings (SSSR count). The number of carboxylic acids is 1. The Morgan fingerprint density at radius 1 is 1.39 bits per heavy atom. The Kier molecular flexibility index (Phi) is 5.16. The molecule has 0 aliphatic carbocycles. The van der Waals surface area contributed by atoms with Crippen molar-refractivity contribution in [1.82, 2.24) is 15.1 Å². The van der Waals surface area contributed by atoms with Gasteiger partial charge in [0.05, 0.1) is 0 Å². The van der Waals surface area contributed by atoms with Crippen molar-refractivity contribution in [1.29, 1.82) is 0 Å². The number of urea groups is 1. The fourth-order valence-electron chi connectivity index (χ4n) is 1.40. The van der Waals surface area contributed by atoms with Crippen LogP contribution >= 0.6 is 0 Å². The van der Waals surface area contributed by atoms with Crippen LogP contribution in [0, 0.1) is 0 Å². The van der Waals surface area contributed by atoms with Crippen molar-refractivity contribution >= 4 is 17.8 Å². The molecule has 0 bridgehead atoms. The molecule has 0 aliphatic heterocycles. The van der Waals surface area contributed by atoms with E-state index in [-0.39, 0.29) is 11.4 Å². The minimum atomic E-state index is -1.11. The lowest BCUT2D eigenvalue weighted by atomic mass is 10.3. The van der Waals surface area contributed by atoms with E-state index in [1.807, 2.05) is 13.8 Å². The number of amides is 2. The monoisotopic (exact) mass is 254 g/mol. The van der Waals surface area contributed by atoms with Crippen LogP contribution < -0.4 is 10.6 Å². The van der Waals surface area contributed by atoms with Gasteiger partial charge in [0.15, 0.2) is 5.82 Å². The molecule has 18 heavy (non-hydrogen) atoms. The van der Waals surface area contributed by atoms with Crippen molar-refractivity contribution in [3.05, 3.63) is 11.8 Å². The number of aromatic carboxylic acids is 1. The molecule has 1 heterocycles. The first-order valence-corrected chi connectivity index (χ1v) is 5.94. The third-order valence-corrected chi connectivity index (χ3v) is 2.21. The number of hydrogen-bond donors (Lipinski definition) is 3. The van der Waals surface area contributed by atoms with E-state index in [2.05, 4.69) is 15.7 Å². The fourth-order valence-corrected chi connectivity index (χ4v) is 1.40. The quantitative estimate of drug-likeness (QED) is 0.717.